The van der Waals surface area contributed by atoms with Crippen LogP contribution in [0.3, 0.4) is 0 Å². The largest absolute Gasteiger partial charge is 0.373 e. The van der Waals surface area contributed by atoms with E-state index in [2.05, 4.69) is 47.5 Å². The van der Waals surface area contributed by atoms with Crippen LogP contribution in [0.4, 0.5) is 5.82 Å². The van der Waals surface area contributed by atoms with Gasteiger partial charge in [-0.05, 0) is 29.9 Å². The van der Waals surface area contributed by atoms with Crippen molar-refractivity contribution in [3.05, 3.63) is 28.8 Å². The Balaban J connectivity index is 2.54. The Kier molecular flexibility index (Phi) is 3.43. The number of anilines is 1. The Morgan fingerprint density at radius 3 is 2.59 bits per heavy atom. The lowest BCUT2D eigenvalue weighted by molar-refractivity contribution is 0.818. The van der Waals surface area contributed by atoms with Gasteiger partial charge in [-0.15, -0.1) is 11.3 Å². The molecule has 0 spiro atoms. The number of hydrogen-bond donors (Lipinski definition) is 1. The van der Waals surface area contributed by atoms with Gasteiger partial charge in [0.2, 0.25) is 0 Å². The van der Waals surface area contributed by atoms with Crippen molar-refractivity contribution in [3.8, 4) is 10.7 Å². The molecule has 90 valence electrons. The van der Waals surface area contributed by atoms with Gasteiger partial charge in [-0.3, -0.25) is 0 Å². The fraction of sp³-hybridized carbons (Fsp3) is 0.385. The number of aromatic nitrogens is 2. The van der Waals surface area contributed by atoms with Gasteiger partial charge in [0.15, 0.2) is 5.82 Å². The topological polar surface area (TPSA) is 37.8 Å². The van der Waals surface area contributed by atoms with Gasteiger partial charge >= 0.3 is 0 Å². The van der Waals surface area contributed by atoms with Crippen LogP contribution in [0.15, 0.2) is 17.5 Å². The lowest BCUT2D eigenvalue weighted by atomic mass is 10.1. The molecule has 0 atom stereocenters. The third-order valence-electron chi connectivity index (χ3n) is 2.66. The van der Waals surface area contributed by atoms with Crippen molar-refractivity contribution in [3.63, 3.8) is 0 Å². The predicted molar refractivity (Wildman–Crippen MR) is 73.7 cm³/mol. The van der Waals surface area contributed by atoms with E-state index in [9.17, 15) is 0 Å². The number of thiophene rings is 1. The number of nitrogens with one attached hydrogen (secondary N) is 1. The summed E-state index contributed by atoms with van der Waals surface area (Å²) < 4.78 is 0. The summed E-state index contributed by atoms with van der Waals surface area (Å²) in [5, 5.41) is 5.18. The lowest BCUT2D eigenvalue weighted by Gasteiger charge is -2.09. The first kappa shape index (κ1) is 12.0. The summed E-state index contributed by atoms with van der Waals surface area (Å²) in [4.78, 5) is 10.3. The van der Waals surface area contributed by atoms with Crippen LogP contribution in [0.2, 0.25) is 0 Å². The van der Waals surface area contributed by atoms with Crippen LogP contribution in [0.1, 0.15) is 31.0 Å². The van der Waals surface area contributed by atoms with Crippen molar-refractivity contribution in [2.75, 3.05) is 12.4 Å². The minimum Gasteiger partial charge on any atom is -0.373 e. The maximum atomic E-state index is 4.64. The molecule has 0 fully saturated rings. The zero-order valence-corrected chi connectivity index (χ0v) is 11.4. The maximum Gasteiger partial charge on any atom is 0.172 e. The summed E-state index contributed by atoms with van der Waals surface area (Å²) in [6.45, 7) is 6.38. The van der Waals surface area contributed by atoms with Gasteiger partial charge in [0.1, 0.15) is 5.82 Å². The summed E-state index contributed by atoms with van der Waals surface area (Å²) in [6, 6.07) is 4.11. The van der Waals surface area contributed by atoms with Crippen LogP contribution >= 0.6 is 11.3 Å². The van der Waals surface area contributed by atoms with E-state index in [4.69, 9.17) is 0 Å². The SMILES string of the molecule is CNc1cc(C(C)C)nc(-c2sccc2C)n1. The van der Waals surface area contributed by atoms with Crippen molar-refractivity contribution in [1.82, 2.24) is 9.97 Å². The molecule has 0 bridgehead atoms. The molecule has 0 aliphatic rings. The van der Waals surface area contributed by atoms with Crippen molar-refractivity contribution >= 4 is 17.2 Å². The van der Waals surface area contributed by atoms with Crippen molar-refractivity contribution in [1.29, 1.82) is 0 Å². The first-order chi connectivity index (χ1) is 8.11. The number of nitrogens with zero attached hydrogens (tertiary/aromatic N) is 2. The van der Waals surface area contributed by atoms with Gasteiger partial charge in [0, 0.05) is 18.8 Å². The van der Waals surface area contributed by atoms with Crippen molar-refractivity contribution < 1.29 is 0 Å². The van der Waals surface area contributed by atoms with E-state index in [0.29, 0.717) is 5.92 Å². The fourth-order valence-electron chi connectivity index (χ4n) is 1.59. The van der Waals surface area contributed by atoms with E-state index >= 15 is 0 Å². The molecule has 0 aliphatic carbocycles. The molecule has 0 aliphatic heterocycles. The van der Waals surface area contributed by atoms with Gasteiger partial charge in [0.05, 0.1) is 4.88 Å². The van der Waals surface area contributed by atoms with E-state index < -0.39 is 0 Å². The predicted octanol–water partition coefficient (Wildman–Crippen LogP) is 3.68. The van der Waals surface area contributed by atoms with Crippen LogP contribution in [0.5, 0.6) is 0 Å². The molecule has 2 rings (SSSR count). The third-order valence-corrected chi connectivity index (χ3v) is 3.67. The molecular weight excluding hydrogens is 230 g/mol. The van der Waals surface area contributed by atoms with E-state index in [-0.39, 0.29) is 0 Å². The molecule has 1 N–H and O–H groups in total. The standard InChI is InChI=1S/C13H17N3S/c1-8(2)10-7-11(14-4)16-13(15-10)12-9(3)5-6-17-12/h5-8H,1-4H3,(H,14,15,16). The highest BCUT2D eigenvalue weighted by molar-refractivity contribution is 7.13. The second kappa shape index (κ2) is 4.84. The highest BCUT2D eigenvalue weighted by atomic mass is 32.1. The fourth-order valence-corrected chi connectivity index (χ4v) is 2.45. The normalized spacial score (nSPS) is 10.9. The highest BCUT2D eigenvalue weighted by Gasteiger charge is 2.11. The number of aryl methyl sites for hydroxylation is 1. The van der Waals surface area contributed by atoms with Crippen molar-refractivity contribution in [2.45, 2.75) is 26.7 Å². The number of rotatable bonds is 3. The Bertz CT molecular complexity index is 517. The zero-order chi connectivity index (χ0) is 12.4. The molecule has 4 heteroatoms. The molecule has 17 heavy (non-hydrogen) atoms. The van der Waals surface area contributed by atoms with Crippen LogP contribution < -0.4 is 5.32 Å². The monoisotopic (exact) mass is 247 g/mol. The van der Waals surface area contributed by atoms with E-state index in [1.807, 2.05) is 13.1 Å². The smallest absolute Gasteiger partial charge is 0.172 e. The quantitative estimate of drug-likeness (QED) is 0.899. The molecular formula is C13H17N3S. The van der Waals surface area contributed by atoms with Gasteiger partial charge < -0.3 is 5.32 Å². The minimum atomic E-state index is 0.407. The maximum absolute atomic E-state index is 4.64. The van der Waals surface area contributed by atoms with Crippen LogP contribution in [0, 0.1) is 6.92 Å². The van der Waals surface area contributed by atoms with E-state index in [0.717, 1.165) is 22.2 Å². The summed E-state index contributed by atoms with van der Waals surface area (Å²) in [6.07, 6.45) is 0. The average Bonchev–Trinajstić information content (AvgIpc) is 2.74. The molecule has 2 aromatic heterocycles. The van der Waals surface area contributed by atoms with Gasteiger partial charge in [-0.1, -0.05) is 13.8 Å². The number of hydrogen-bond acceptors (Lipinski definition) is 4. The summed E-state index contributed by atoms with van der Waals surface area (Å²) in [5.74, 6) is 2.11. The van der Waals surface area contributed by atoms with Crippen LogP contribution in [-0.4, -0.2) is 17.0 Å². The highest BCUT2D eigenvalue weighted by Crippen LogP contribution is 2.28. The Hall–Kier alpha value is -1.42. The van der Waals surface area contributed by atoms with Gasteiger partial charge in [-0.25, -0.2) is 9.97 Å². The molecule has 0 amide bonds. The first-order valence-corrected chi connectivity index (χ1v) is 6.61. The third kappa shape index (κ3) is 2.47. The Labute approximate surface area is 106 Å². The molecule has 0 unspecified atom stereocenters. The molecule has 2 aromatic rings. The van der Waals surface area contributed by atoms with Crippen LogP contribution in [0.25, 0.3) is 10.7 Å². The second-order valence-corrected chi connectivity index (χ2v) is 5.26. The molecule has 0 radical (unpaired) electrons. The Morgan fingerprint density at radius 1 is 1.29 bits per heavy atom. The Morgan fingerprint density at radius 2 is 2.06 bits per heavy atom. The molecule has 0 saturated heterocycles. The zero-order valence-electron chi connectivity index (χ0n) is 10.6. The summed E-state index contributed by atoms with van der Waals surface area (Å²) >= 11 is 1.69. The van der Waals surface area contributed by atoms with Gasteiger partial charge in [-0.2, -0.15) is 0 Å². The summed E-state index contributed by atoms with van der Waals surface area (Å²) in [7, 11) is 1.89. The average molecular weight is 247 g/mol. The molecule has 0 aromatic carbocycles. The summed E-state index contributed by atoms with van der Waals surface area (Å²) in [5.41, 5.74) is 2.31. The second-order valence-electron chi connectivity index (χ2n) is 4.34. The van der Waals surface area contributed by atoms with Gasteiger partial charge in [0.25, 0.3) is 0 Å². The molecule has 2 heterocycles. The molecule has 3 nitrogen and oxygen atoms in total. The van der Waals surface area contributed by atoms with E-state index in [1.165, 1.54) is 5.56 Å². The van der Waals surface area contributed by atoms with E-state index in [1.54, 1.807) is 11.3 Å². The first-order valence-electron chi connectivity index (χ1n) is 5.73. The minimum absolute atomic E-state index is 0.407. The lowest BCUT2D eigenvalue weighted by Crippen LogP contribution is -2.02. The van der Waals surface area contributed by atoms with Crippen molar-refractivity contribution in [2.24, 2.45) is 0 Å². The molecule has 0 saturated carbocycles. The van der Waals surface area contributed by atoms with Crippen LogP contribution in [-0.2, 0) is 0 Å².